The third-order valence-electron chi connectivity index (χ3n) is 5.61. The quantitative estimate of drug-likeness (QED) is 0.0670. The van der Waals surface area contributed by atoms with Gasteiger partial charge in [0.05, 0.1) is 29.7 Å². The number of hydrogen-bond acceptors (Lipinski definition) is 10. The Bertz CT molecular complexity index is 1610. The van der Waals surface area contributed by atoms with E-state index in [2.05, 4.69) is 87.4 Å². The Labute approximate surface area is 276 Å². The molecule has 13 heteroatoms. The largest absolute Gasteiger partial charge is 0.497 e. The number of hydrazone groups is 1. The highest BCUT2D eigenvalue weighted by molar-refractivity contribution is 14.1. The molecule has 0 amide bonds. The average Bonchev–Trinajstić information content (AvgIpc) is 3.50. The number of hydrogen-bond donors (Lipinski definition) is 3. The van der Waals surface area contributed by atoms with Crippen LogP contribution < -0.4 is 25.5 Å². The van der Waals surface area contributed by atoms with Crippen molar-refractivity contribution in [2.75, 3.05) is 23.2 Å². The summed E-state index contributed by atoms with van der Waals surface area (Å²) in [6.45, 7) is 0.856. The molecule has 3 aromatic carbocycles. The van der Waals surface area contributed by atoms with E-state index in [1.807, 2.05) is 72.8 Å². The Kier molecular flexibility index (Phi) is 11.6. The molecule has 0 atom stereocenters. The highest BCUT2D eigenvalue weighted by atomic mass is 127. The van der Waals surface area contributed by atoms with Gasteiger partial charge in [-0.3, -0.25) is 0 Å². The summed E-state index contributed by atoms with van der Waals surface area (Å²) in [6, 6.07) is 25.3. The second-order valence-corrected chi connectivity index (χ2v) is 11.0. The van der Waals surface area contributed by atoms with Gasteiger partial charge in [-0.15, -0.1) is 12.4 Å². The highest BCUT2D eigenvalue weighted by Crippen LogP contribution is 2.28. The molecule has 5 rings (SSSR count). The van der Waals surface area contributed by atoms with Crippen LogP contribution in [0.1, 0.15) is 16.9 Å². The number of aromatic nitrogens is 3. The zero-order valence-electron chi connectivity index (χ0n) is 22.3. The lowest BCUT2D eigenvalue weighted by Gasteiger charge is -2.12. The number of halogens is 3. The molecule has 0 bridgehead atoms. The summed E-state index contributed by atoms with van der Waals surface area (Å²) in [7, 11) is 1.62. The van der Waals surface area contributed by atoms with Crippen molar-refractivity contribution < 1.29 is 13.9 Å². The van der Waals surface area contributed by atoms with Gasteiger partial charge in [0.25, 0.3) is 0 Å². The van der Waals surface area contributed by atoms with Crippen molar-refractivity contribution in [2.24, 2.45) is 5.10 Å². The van der Waals surface area contributed by atoms with E-state index in [-0.39, 0.29) is 18.4 Å². The maximum atomic E-state index is 6.19. The van der Waals surface area contributed by atoms with Crippen molar-refractivity contribution in [3.05, 3.63) is 109 Å². The highest BCUT2D eigenvalue weighted by Gasteiger charge is 2.11. The Morgan fingerprint density at radius 2 is 1.67 bits per heavy atom. The normalized spacial score (nSPS) is 10.6. The zero-order valence-corrected chi connectivity index (χ0v) is 27.4. The molecule has 3 N–H and O–H groups in total. The van der Waals surface area contributed by atoms with Crippen molar-refractivity contribution >= 4 is 87.3 Å². The third kappa shape index (κ3) is 8.93. The smallest absolute Gasteiger partial charge is 0.250 e. The molecular weight excluding hydrogens is 784 g/mol. The van der Waals surface area contributed by atoms with Gasteiger partial charge < -0.3 is 24.5 Å². The van der Waals surface area contributed by atoms with Crippen molar-refractivity contribution in [1.29, 1.82) is 0 Å². The van der Waals surface area contributed by atoms with Gasteiger partial charge in [-0.05, 0) is 99.3 Å². The number of nitrogens with zero attached hydrogens (tertiary/aromatic N) is 4. The fraction of sp³-hybridized carbons (Fsp3) is 0.103. The van der Waals surface area contributed by atoms with E-state index in [0.29, 0.717) is 25.0 Å². The van der Waals surface area contributed by atoms with Crippen molar-refractivity contribution in [1.82, 2.24) is 15.0 Å². The molecule has 42 heavy (non-hydrogen) atoms. The molecule has 216 valence electrons. The second kappa shape index (κ2) is 15.6. The molecule has 0 saturated heterocycles. The van der Waals surface area contributed by atoms with Gasteiger partial charge in [0, 0.05) is 14.8 Å². The summed E-state index contributed by atoms with van der Waals surface area (Å²) in [4.78, 5) is 13.5. The number of furan rings is 1. The molecule has 0 aliphatic heterocycles. The molecule has 5 aromatic rings. The Hall–Kier alpha value is -3.63. The van der Waals surface area contributed by atoms with E-state index in [1.54, 1.807) is 19.6 Å². The predicted octanol–water partition coefficient (Wildman–Crippen LogP) is 7.48. The number of rotatable bonds is 12. The summed E-state index contributed by atoms with van der Waals surface area (Å²) in [5.41, 5.74) is 5.63. The monoisotopic (exact) mass is 809 g/mol. The van der Waals surface area contributed by atoms with Gasteiger partial charge in [-0.2, -0.15) is 20.1 Å². The second-order valence-electron chi connectivity index (χ2n) is 8.54. The minimum absolute atomic E-state index is 0. The lowest BCUT2D eigenvalue weighted by Crippen LogP contribution is -2.09. The molecule has 0 radical (unpaired) electrons. The minimum atomic E-state index is 0. The first-order valence-electron chi connectivity index (χ1n) is 12.4. The summed E-state index contributed by atoms with van der Waals surface area (Å²) in [5.74, 6) is 3.18. The van der Waals surface area contributed by atoms with Gasteiger partial charge in [0.2, 0.25) is 17.8 Å². The van der Waals surface area contributed by atoms with E-state index >= 15 is 0 Å². The molecule has 2 heterocycles. The van der Waals surface area contributed by atoms with Crippen LogP contribution in [-0.2, 0) is 13.2 Å². The number of ether oxygens (including phenoxy) is 2. The van der Waals surface area contributed by atoms with Crippen LogP contribution in [0.25, 0.3) is 0 Å². The minimum Gasteiger partial charge on any atom is -0.497 e. The van der Waals surface area contributed by atoms with Crippen LogP contribution in [0.15, 0.2) is 94.6 Å². The Morgan fingerprint density at radius 3 is 2.40 bits per heavy atom. The van der Waals surface area contributed by atoms with E-state index in [0.717, 1.165) is 41.2 Å². The lowest BCUT2D eigenvalue weighted by molar-refractivity contribution is 0.303. The first kappa shape index (κ1) is 31.3. The predicted molar refractivity (Wildman–Crippen MR) is 183 cm³/mol. The van der Waals surface area contributed by atoms with Crippen LogP contribution in [-0.4, -0.2) is 28.3 Å². The zero-order chi connectivity index (χ0) is 28.4. The van der Waals surface area contributed by atoms with Gasteiger partial charge in [-0.25, -0.2) is 5.43 Å². The number of anilines is 4. The van der Waals surface area contributed by atoms with Crippen molar-refractivity contribution in [3.8, 4) is 11.5 Å². The maximum Gasteiger partial charge on any atom is 0.250 e. The molecule has 10 nitrogen and oxygen atoms in total. The van der Waals surface area contributed by atoms with E-state index < -0.39 is 0 Å². The molecule has 0 aliphatic rings. The van der Waals surface area contributed by atoms with E-state index in [4.69, 9.17) is 13.9 Å². The number of nitrogens with one attached hydrogen (secondary N) is 3. The van der Waals surface area contributed by atoms with Crippen LogP contribution in [0.4, 0.5) is 23.5 Å². The summed E-state index contributed by atoms with van der Waals surface area (Å²) < 4.78 is 18.9. The molecule has 0 unspecified atom stereocenters. The Morgan fingerprint density at radius 1 is 0.905 bits per heavy atom. The fourth-order valence-corrected chi connectivity index (χ4v) is 5.71. The van der Waals surface area contributed by atoms with Gasteiger partial charge in [0.1, 0.15) is 23.9 Å². The average molecular weight is 810 g/mol. The SMILES string of the molecule is COc1ccc(Nc2nc(NCc3ccco3)nc(NN=Cc3cc(I)cc(I)c3OCc3ccccc3)n2)cc1.Cl. The van der Waals surface area contributed by atoms with Gasteiger partial charge >= 0.3 is 0 Å². The van der Waals surface area contributed by atoms with E-state index in [1.165, 1.54) is 0 Å². The molecule has 0 spiro atoms. The fourth-order valence-electron chi connectivity index (χ4n) is 3.66. The topological polar surface area (TPSA) is 119 Å². The molecule has 0 saturated carbocycles. The number of benzene rings is 3. The van der Waals surface area contributed by atoms with Crippen LogP contribution in [0.3, 0.4) is 0 Å². The van der Waals surface area contributed by atoms with Crippen molar-refractivity contribution in [3.63, 3.8) is 0 Å². The van der Waals surface area contributed by atoms with Gasteiger partial charge in [0.15, 0.2) is 0 Å². The van der Waals surface area contributed by atoms with Crippen LogP contribution in [0.2, 0.25) is 0 Å². The Balaban J connectivity index is 0.00000405. The van der Waals surface area contributed by atoms with Crippen molar-refractivity contribution in [2.45, 2.75) is 13.2 Å². The molecular formula is C29H26ClI2N7O3. The first-order chi connectivity index (χ1) is 20.1. The summed E-state index contributed by atoms with van der Waals surface area (Å²) in [6.07, 6.45) is 3.31. The van der Waals surface area contributed by atoms with Gasteiger partial charge in [-0.1, -0.05) is 30.3 Å². The standard InChI is InChI=1S/C29H25I2N7O3.ClH/c1-39-23-11-9-22(10-12-23)34-28-35-27(32-17-24-8-5-13-40-24)36-29(37-28)38-33-16-20-14-21(30)15-25(31)26(20)41-18-19-6-3-2-4-7-19;/h2-16H,17-18H2,1H3,(H3,32,34,35,36,37,38);1H. The molecule has 2 aromatic heterocycles. The summed E-state index contributed by atoms with van der Waals surface area (Å²) in [5, 5.41) is 10.8. The summed E-state index contributed by atoms with van der Waals surface area (Å²) >= 11 is 4.56. The third-order valence-corrected chi connectivity index (χ3v) is 7.04. The number of methoxy groups -OCH3 is 1. The van der Waals surface area contributed by atoms with Crippen LogP contribution >= 0.6 is 57.6 Å². The first-order valence-corrected chi connectivity index (χ1v) is 14.6. The lowest BCUT2D eigenvalue weighted by atomic mass is 10.2. The van der Waals surface area contributed by atoms with Crippen LogP contribution in [0, 0.1) is 7.14 Å². The maximum absolute atomic E-state index is 6.19. The molecule has 0 fully saturated rings. The molecule has 0 aliphatic carbocycles. The van der Waals surface area contributed by atoms with Crippen LogP contribution in [0.5, 0.6) is 11.5 Å². The van der Waals surface area contributed by atoms with E-state index in [9.17, 15) is 0 Å².